The average Bonchev–Trinajstić information content (AvgIpc) is 2.71. The Hall–Kier alpha value is -1.55. The molecule has 0 amide bonds. The lowest BCUT2D eigenvalue weighted by Crippen LogP contribution is -2.27. The number of rotatable bonds is 2. The van der Waals surface area contributed by atoms with E-state index < -0.39 is 0 Å². The lowest BCUT2D eigenvalue weighted by molar-refractivity contribution is 0.325. The zero-order valence-electron chi connectivity index (χ0n) is 10.3. The second-order valence-corrected chi connectivity index (χ2v) is 5.33. The van der Waals surface area contributed by atoms with Gasteiger partial charge in [-0.2, -0.15) is 0 Å². The predicted octanol–water partition coefficient (Wildman–Crippen LogP) is 2.18. The highest BCUT2D eigenvalue weighted by Gasteiger charge is 2.18. The molecule has 3 rings (SSSR count). The van der Waals surface area contributed by atoms with Crippen molar-refractivity contribution < 1.29 is 4.42 Å². The van der Waals surface area contributed by atoms with E-state index in [9.17, 15) is 4.79 Å². The molecule has 0 bridgehead atoms. The minimum atomic E-state index is -0.384. The Labute approximate surface area is 105 Å². The summed E-state index contributed by atoms with van der Waals surface area (Å²) in [4.78, 5) is 13.7. The van der Waals surface area contributed by atoms with Crippen molar-refractivity contribution in [2.24, 2.45) is 11.7 Å². The van der Waals surface area contributed by atoms with Crippen LogP contribution in [0, 0.1) is 5.92 Å². The van der Waals surface area contributed by atoms with Gasteiger partial charge in [-0.3, -0.25) is 4.98 Å². The van der Waals surface area contributed by atoms with E-state index in [0.29, 0.717) is 17.5 Å². The number of nitrogens with two attached hydrogens (primary N) is 1. The quantitative estimate of drug-likeness (QED) is 0.853. The summed E-state index contributed by atoms with van der Waals surface area (Å²) in [6.45, 7) is 0. The molecule has 1 saturated carbocycles. The molecule has 96 valence electrons. The number of hydrogen-bond donors (Lipinski definition) is 2. The lowest BCUT2D eigenvalue weighted by atomic mass is 9.83. The van der Waals surface area contributed by atoms with Crippen molar-refractivity contribution in [3.63, 3.8) is 0 Å². The molecular weight excluding hydrogens is 228 g/mol. The number of oxazole rings is 1. The molecule has 2 aromatic rings. The molecule has 1 aromatic carbocycles. The number of fused-ring (bicyclic) bond motifs is 1. The van der Waals surface area contributed by atoms with Gasteiger partial charge in [-0.05, 0) is 55.7 Å². The Morgan fingerprint density at radius 1 is 1.28 bits per heavy atom. The molecule has 0 atom stereocenters. The summed E-state index contributed by atoms with van der Waals surface area (Å²) in [6.07, 6.45) is 5.72. The van der Waals surface area contributed by atoms with E-state index >= 15 is 0 Å². The highest BCUT2D eigenvalue weighted by molar-refractivity contribution is 5.72. The number of aromatic amines is 1. The van der Waals surface area contributed by atoms with Gasteiger partial charge >= 0.3 is 5.76 Å². The maximum absolute atomic E-state index is 11.1. The van der Waals surface area contributed by atoms with Gasteiger partial charge in [0, 0.05) is 6.04 Å². The summed E-state index contributed by atoms with van der Waals surface area (Å²) in [7, 11) is 0. The summed E-state index contributed by atoms with van der Waals surface area (Å²) < 4.78 is 5.08. The number of nitrogens with one attached hydrogen (secondary N) is 1. The standard InChI is InChI=1S/C14H18N2O2/c15-11-4-1-9(2-5-11)7-10-3-6-12-13(8-10)18-14(17)16-12/h3,6,8-9,11H,1-2,4-5,7,15H2,(H,16,17). The molecule has 4 nitrogen and oxygen atoms in total. The predicted molar refractivity (Wildman–Crippen MR) is 70.5 cm³/mol. The van der Waals surface area contributed by atoms with Crippen LogP contribution in [0.15, 0.2) is 27.4 Å². The first-order chi connectivity index (χ1) is 8.70. The molecule has 1 fully saturated rings. The molecular formula is C14H18N2O2. The molecule has 1 aliphatic carbocycles. The van der Waals surface area contributed by atoms with Crippen LogP contribution in [0.4, 0.5) is 0 Å². The molecule has 3 N–H and O–H groups in total. The average molecular weight is 246 g/mol. The number of hydrogen-bond acceptors (Lipinski definition) is 3. The topological polar surface area (TPSA) is 72.0 Å². The van der Waals surface area contributed by atoms with Crippen LogP contribution in [-0.4, -0.2) is 11.0 Å². The third-order valence-electron chi connectivity index (χ3n) is 3.90. The van der Waals surface area contributed by atoms with Crippen LogP contribution in [0.2, 0.25) is 0 Å². The molecule has 0 spiro atoms. The Morgan fingerprint density at radius 3 is 2.83 bits per heavy atom. The van der Waals surface area contributed by atoms with E-state index in [1.807, 2.05) is 12.1 Å². The summed E-state index contributed by atoms with van der Waals surface area (Å²) in [5.74, 6) is 0.332. The molecule has 1 aliphatic rings. The lowest BCUT2D eigenvalue weighted by Gasteiger charge is -2.25. The molecule has 4 heteroatoms. The Kier molecular flexibility index (Phi) is 2.96. The fourth-order valence-corrected chi connectivity index (χ4v) is 2.84. The van der Waals surface area contributed by atoms with Gasteiger partial charge in [-0.25, -0.2) is 4.79 Å². The van der Waals surface area contributed by atoms with Gasteiger partial charge in [0.25, 0.3) is 0 Å². The number of H-pyrrole nitrogens is 1. The van der Waals surface area contributed by atoms with Gasteiger partial charge in [-0.15, -0.1) is 0 Å². The third-order valence-corrected chi connectivity index (χ3v) is 3.90. The second-order valence-electron chi connectivity index (χ2n) is 5.33. The van der Waals surface area contributed by atoms with Crippen LogP contribution in [0.3, 0.4) is 0 Å². The van der Waals surface area contributed by atoms with E-state index in [1.165, 1.54) is 18.4 Å². The number of benzene rings is 1. The van der Waals surface area contributed by atoms with Crippen molar-refractivity contribution in [3.05, 3.63) is 34.3 Å². The van der Waals surface area contributed by atoms with E-state index in [1.54, 1.807) is 0 Å². The molecule has 1 heterocycles. The van der Waals surface area contributed by atoms with Gasteiger partial charge in [0.05, 0.1) is 5.52 Å². The summed E-state index contributed by atoms with van der Waals surface area (Å²) in [5, 5.41) is 0. The first kappa shape index (κ1) is 11.5. The monoisotopic (exact) mass is 246 g/mol. The fraction of sp³-hybridized carbons (Fsp3) is 0.500. The van der Waals surface area contributed by atoms with Crippen molar-refractivity contribution in [2.75, 3.05) is 0 Å². The zero-order chi connectivity index (χ0) is 12.5. The fourth-order valence-electron chi connectivity index (χ4n) is 2.84. The van der Waals surface area contributed by atoms with Crippen molar-refractivity contribution in [1.29, 1.82) is 0 Å². The van der Waals surface area contributed by atoms with Crippen LogP contribution >= 0.6 is 0 Å². The minimum absolute atomic E-state index is 0.384. The van der Waals surface area contributed by atoms with Crippen LogP contribution in [0.25, 0.3) is 11.1 Å². The first-order valence-electron chi connectivity index (χ1n) is 6.58. The molecule has 0 aliphatic heterocycles. The van der Waals surface area contributed by atoms with E-state index in [4.69, 9.17) is 10.2 Å². The maximum atomic E-state index is 11.1. The van der Waals surface area contributed by atoms with Gasteiger partial charge in [-0.1, -0.05) is 6.07 Å². The van der Waals surface area contributed by atoms with Crippen molar-refractivity contribution in [2.45, 2.75) is 38.1 Å². The smallest absolute Gasteiger partial charge is 0.408 e. The van der Waals surface area contributed by atoms with Crippen molar-refractivity contribution >= 4 is 11.1 Å². The van der Waals surface area contributed by atoms with Crippen LogP contribution in [0.1, 0.15) is 31.2 Å². The first-order valence-corrected chi connectivity index (χ1v) is 6.58. The van der Waals surface area contributed by atoms with Gasteiger partial charge in [0.2, 0.25) is 0 Å². The van der Waals surface area contributed by atoms with Crippen LogP contribution < -0.4 is 11.5 Å². The molecule has 18 heavy (non-hydrogen) atoms. The Balaban J connectivity index is 1.76. The van der Waals surface area contributed by atoms with E-state index in [-0.39, 0.29) is 5.76 Å². The normalized spacial score (nSPS) is 24.5. The highest BCUT2D eigenvalue weighted by Crippen LogP contribution is 2.27. The van der Waals surface area contributed by atoms with E-state index in [2.05, 4.69) is 11.1 Å². The summed E-state index contributed by atoms with van der Waals surface area (Å²) in [5.41, 5.74) is 8.59. The maximum Gasteiger partial charge on any atom is 0.417 e. The van der Waals surface area contributed by atoms with Gasteiger partial charge in [0.15, 0.2) is 5.58 Å². The molecule has 0 saturated heterocycles. The molecule has 0 radical (unpaired) electrons. The zero-order valence-corrected chi connectivity index (χ0v) is 10.3. The van der Waals surface area contributed by atoms with Crippen molar-refractivity contribution in [1.82, 2.24) is 4.98 Å². The summed E-state index contributed by atoms with van der Waals surface area (Å²) >= 11 is 0. The minimum Gasteiger partial charge on any atom is -0.408 e. The second kappa shape index (κ2) is 4.61. The van der Waals surface area contributed by atoms with Gasteiger partial charge in [0.1, 0.15) is 0 Å². The van der Waals surface area contributed by atoms with Crippen LogP contribution in [-0.2, 0) is 6.42 Å². The number of aromatic nitrogens is 1. The molecule has 0 unspecified atom stereocenters. The van der Waals surface area contributed by atoms with E-state index in [0.717, 1.165) is 24.8 Å². The van der Waals surface area contributed by atoms with Crippen molar-refractivity contribution in [3.8, 4) is 0 Å². The van der Waals surface area contributed by atoms with Crippen LogP contribution in [0.5, 0.6) is 0 Å². The largest absolute Gasteiger partial charge is 0.417 e. The Bertz CT molecular complexity index is 591. The summed E-state index contributed by atoms with van der Waals surface area (Å²) in [6, 6.07) is 6.36. The third kappa shape index (κ3) is 2.34. The molecule has 1 aromatic heterocycles. The Morgan fingerprint density at radius 2 is 2.06 bits per heavy atom. The van der Waals surface area contributed by atoms with Gasteiger partial charge < -0.3 is 10.2 Å². The SMILES string of the molecule is NC1CCC(Cc2ccc3[nH]c(=O)oc3c2)CC1. The highest BCUT2D eigenvalue weighted by atomic mass is 16.4.